The molecule has 0 aliphatic carbocycles. The molecule has 0 saturated carbocycles. The van der Waals surface area contributed by atoms with Gasteiger partial charge < -0.3 is 16.8 Å². The van der Waals surface area contributed by atoms with E-state index in [1.54, 1.807) is 0 Å². The maximum atomic E-state index is 5.32. The minimum Gasteiger partial charge on any atom is -0.331 e. The van der Waals surface area contributed by atoms with Crippen LogP contribution in [0, 0.1) is 0 Å². The third-order valence-electron chi connectivity index (χ3n) is 1.23. The van der Waals surface area contributed by atoms with Gasteiger partial charge in [-0.1, -0.05) is 13.8 Å². The summed E-state index contributed by atoms with van der Waals surface area (Å²) in [5.74, 6) is 0. The Balaban J connectivity index is -0.000000220. The Morgan fingerprint density at radius 2 is 1.54 bits per heavy atom. The van der Waals surface area contributed by atoms with Crippen molar-refractivity contribution in [1.82, 2.24) is 5.32 Å². The number of nitrogens with one attached hydrogen (secondary N) is 1. The van der Waals surface area contributed by atoms with E-state index >= 15 is 0 Å². The molecule has 0 spiro atoms. The van der Waals surface area contributed by atoms with Crippen molar-refractivity contribution < 1.29 is 0 Å². The van der Waals surface area contributed by atoms with Crippen LogP contribution in [0.1, 0.15) is 33.1 Å². The fourth-order valence-corrected chi connectivity index (χ4v) is 0.696. The lowest BCUT2D eigenvalue weighted by atomic mass is 10.3. The van der Waals surface area contributed by atoms with Gasteiger partial charge in [0.2, 0.25) is 0 Å². The second kappa shape index (κ2) is 22.7. The number of unbranched alkanes of at least 4 members (excludes halogenated alkanes) is 1. The first-order valence-electron chi connectivity index (χ1n) is 4.94. The summed E-state index contributed by atoms with van der Waals surface area (Å²) >= 11 is 0. The topological polar surface area (TPSA) is 64.1 Å². The monoisotopic (exact) mass is 211 g/mol. The summed E-state index contributed by atoms with van der Waals surface area (Å²) in [5, 5.41) is 3.31. The summed E-state index contributed by atoms with van der Waals surface area (Å²) in [4.78, 5) is 0. The zero-order valence-corrected chi connectivity index (χ0v) is 9.83. The molecule has 0 aromatic rings. The van der Waals surface area contributed by atoms with E-state index < -0.39 is 0 Å². The summed E-state index contributed by atoms with van der Waals surface area (Å²) < 4.78 is 0. The minimum atomic E-state index is 0. The van der Waals surface area contributed by atoms with E-state index in [-0.39, 0.29) is 12.4 Å². The Morgan fingerprint density at radius 3 is 1.92 bits per heavy atom. The molecule has 0 rings (SSSR count). The molecule has 0 aliphatic heterocycles. The van der Waals surface area contributed by atoms with Gasteiger partial charge in [0, 0.05) is 0 Å². The van der Waals surface area contributed by atoms with Gasteiger partial charge >= 0.3 is 0 Å². The Morgan fingerprint density at radius 1 is 1.00 bits per heavy atom. The molecule has 4 heteroatoms. The molecule has 0 saturated heterocycles. The highest BCUT2D eigenvalue weighted by Gasteiger charge is 1.83. The van der Waals surface area contributed by atoms with E-state index in [1.165, 1.54) is 12.8 Å². The summed E-state index contributed by atoms with van der Waals surface area (Å²) in [6.45, 7) is 7.93. The van der Waals surface area contributed by atoms with E-state index in [0.717, 1.165) is 32.6 Å². The van der Waals surface area contributed by atoms with Crippen molar-refractivity contribution in [3.8, 4) is 0 Å². The van der Waals surface area contributed by atoms with Gasteiger partial charge in [0.05, 0.1) is 0 Å². The molecule has 0 amide bonds. The molecule has 0 aromatic heterocycles. The maximum absolute atomic E-state index is 5.32. The average Bonchev–Trinajstić information content (AvgIpc) is 2.06. The molecule has 3 nitrogen and oxygen atoms in total. The van der Waals surface area contributed by atoms with E-state index in [1.807, 2.05) is 6.92 Å². The van der Waals surface area contributed by atoms with Gasteiger partial charge in [-0.25, -0.2) is 0 Å². The lowest BCUT2D eigenvalue weighted by Crippen LogP contribution is -2.16. The van der Waals surface area contributed by atoms with Crippen molar-refractivity contribution in [1.29, 1.82) is 0 Å². The molecule has 5 N–H and O–H groups in total. The molecule has 0 radical (unpaired) electrons. The summed E-state index contributed by atoms with van der Waals surface area (Å²) in [5.41, 5.74) is 10.2. The van der Waals surface area contributed by atoms with Gasteiger partial charge in [-0.3, -0.25) is 0 Å². The lowest BCUT2D eigenvalue weighted by Gasteiger charge is -1.99. The molecule has 84 valence electrons. The molecule has 0 atom stereocenters. The molecule has 0 heterocycles. The number of hydrogen-bond acceptors (Lipinski definition) is 3. The second-order valence-electron chi connectivity index (χ2n) is 2.65. The SMILES string of the molecule is CCCNCCCCN.CCN.Cl. The predicted molar refractivity (Wildman–Crippen MR) is 63.4 cm³/mol. The van der Waals surface area contributed by atoms with Crippen molar-refractivity contribution in [2.24, 2.45) is 11.5 Å². The first-order chi connectivity index (χ1) is 5.83. The fourth-order valence-electron chi connectivity index (χ4n) is 0.696. The standard InChI is InChI=1S/C7H18N2.C2H7N.ClH/c1-2-6-9-7-4-3-5-8;1-2-3;/h9H,2-8H2,1H3;2-3H2,1H3;1H. The van der Waals surface area contributed by atoms with Gasteiger partial charge in [-0.15, -0.1) is 12.4 Å². The smallest absolute Gasteiger partial charge is 0.00485 e. The number of halogens is 1. The first kappa shape index (κ1) is 18.9. The molecule has 0 aromatic carbocycles. The van der Waals surface area contributed by atoms with Crippen LogP contribution in [0.15, 0.2) is 0 Å². The van der Waals surface area contributed by atoms with Crippen molar-refractivity contribution in [3.05, 3.63) is 0 Å². The molecule has 0 aliphatic rings. The van der Waals surface area contributed by atoms with E-state index in [9.17, 15) is 0 Å². The zero-order chi connectivity index (χ0) is 9.66. The first-order valence-corrected chi connectivity index (χ1v) is 4.94. The fraction of sp³-hybridized carbons (Fsp3) is 1.00. The van der Waals surface area contributed by atoms with Crippen LogP contribution in [0.2, 0.25) is 0 Å². The van der Waals surface area contributed by atoms with Crippen LogP contribution in [-0.2, 0) is 0 Å². The third kappa shape index (κ3) is 33.1. The maximum Gasteiger partial charge on any atom is -0.00485 e. The molecule has 0 unspecified atom stereocenters. The Bertz CT molecular complexity index is 56.8. The molecular formula is C9H26ClN3. The number of hydrogen-bond donors (Lipinski definition) is 3. The normalized spacial score (nSPS) is 8.31. The van der Waals surface area contributed by atoms with E-state index in [4.69, 9.17) is 11.5 Å². The van der Waals surface area contributed by atoms with E-state index in [0.29, 0.717) is 0 Å². The minimum absolute atomic E-state index is 0. The summed E-state index contributed by atoms with van der Waals surface area (Å²) in [6.07, 6.45) is 3.59. The van der Waals surface area contributed by atoms with Gasteiger partial charge in [0.25, 0.3) is 0 Å². The van der Waals surface area contributed by atoms with Crippen LogP contribution in [-0.4, -0.2) is 26.2 Å². The van der Waals surface area contributed by atoms with Crippen molar-refractivity contribution in [3.63, 3.8) is 0 Å². The zero-order valence-electron chi connectivity index (χ0n) is 9.01. The van der Waals surface area contributed by atoms with Gasteiger partial charge in [0.15, 0.2) is 0 Å². The van der Waals surface area contributed by atoms with Crippen LogP contribution < -0.4 is 16.8 Å². The van der Waals surface area contributed by atoms with Crippen LogP contribution >= 0.6 is 12.4 Å². The highest BCUT2D eigenvalue weighted by atomic mass is 35.5. The van der Waals surface area contributed by atoms with Crippen LogP contribution in [0.25, 0.3) is 0 Å². The highest BCUT2D eigenvalue weighted by molar-refractivity contribution is 5.85. The van der Waals surface area contributed by atoms with E-state index in [2.05, 4.69) is 12.2 Å². The van der Waals surface area contributed by atoms with Gasteiger partial charge in [-0.05, 0) is 45.4 Å². The summed E-state index contributed by atoms with van der Waals surface area (Å²) in [7, 11) is 0. The van der Waals surface area contributed by atoms with Crippen molar-refractivity contribution >= 4 is 12.4 Å². The number of nitrogens with two attached hydrogens (primary N) is 2. The van der Waals surface area contributed by atoms with Crippen molar-refractivity contribution in [2.45, 2.75) is 33.1 Å². The average molecular weight is 212 g/mol. The predicted octanol–water partition coefficient (Wildman–Crippen LogP) is 1.11. The Hall–Kier alpha value is 0.170. The molecule has 0 fully saturated rings. The third-order valence-corrected chi connectivity index (χ3v) is 1.23. The molecule has 13 heavy (non-hydrogen) atoms. The molecular weight excluding hydrogens is 186 g/mol. The van der Waals surface area contributed by atoms with Gasteiger partial charge in [0.1, 0.15) is 0 Å². The summed E-state index contributed by atoms with van der Waals surface area (Å²) in [6, 6.07) is 0. The Kier molecular flexibility index (Phi) is 33.0. The number of rotatable bonds is 6. The van der Waals surface area contributed by atoms with Crippen molar-refractivity contribution in [2.75, 3.05) is 26.2 Å². The largest absolute Gasteiger partial charge is 0.331 e. The van der Waals surface area contributed by atoms with Crippen LogP contribution in [0.3, 0.4) is 0 Å². The quantitative estimate of drug-likeness (QED) is 0.577. The lowest BCUT2D eigenvalue weighted by molar-refractivity contribution is 0.621. The van der Waals surface area contributed by atoms with Crippen LogP contribution in [0.4, 0.5) is 0 Å². The molecule has 0 bridgehead atoms. The van der Waals surface area contributed by atoms with Gasteiger partial charge in [-0.2, -0.15) is 0 Å². The van der Waals surface area contributed by atoms with Crippen LogP contribution in [0.5, 0.6) is 0 Å². The highest BCUT2D eigenvalue weighted by Crippen LogP contribution is 1.81. The second-order valence-corrected chi connectivity index (χ2v) is 2.65. The Labute approximate surface area is 89.0 Å².